The van der Waals surface area contributed by atoms with Gasteiger partial charge in [0.05, 0.1) is 16.9 Å². The number of nitrogens with one attached hydrogen (secondary N) is 1. The first-order chi connectivity index (χ1) is 10.1. The van der Waals surface area contributed by atoms with E-state index in [-0.39, 0.29) is 18.3 Å². The molecule has 0 spiro atoms. The number of anilines is 1. The number of carbonyl (C=O) groups excluding carboxylic acids is 1. The Kier molecular flexibility index (Phi) is 4.78. The zero-order valence-corrected chi connectivity index (χ0v) is 13.3. The van der Waals surface area contributed by atoms with Gasteiger partial charge in [-0.15, -0.1) is 12.4 Å². The molecule has 0 saturated carbocycles. The molecule has 0 bridgehead atoms. The van der Waals surface area contributed by atoms with E-state index >= 15 is 0 Å². The van der Waals surface area contributed by atoms with Crippen LogP contribution in [0.15, 0.2) is 54.6 Å². The molecule has 0 saturated heterocycles. The highest BCUT2D eigenvalue weighted by atomic mass is 35.5. The molecule has 1 aromatic heterocycles. The van der Waals surface area contributed by atoms with Crippen LogP contribution in [-0.4, -0.2) is 10.9 Å². The summed E-state index contributed by atoms with van der Waals surface area (Å²) in [5, 5.41) is 4.01. The number of hydrogen-bond acceptors (Lipinski definition) is 2. The molecule has 112 valence electrons. The Morgan fingerprint density at radius 1 is 1.05 bits per heavy atom. The van der Waals surface area contributed by atoms with Gasteiger partial charge >= 0.3 is 0 Å². The molecule has 2 aromatic carbocycles. The summed E-state index contributed by atoms with van der Waals surface area (Å²) in [7, 11) is 0. The van der Waals surface area contributed by atoms with Gasteiger partial charge in [0.15, 0.2) is 0 Å². The van der Waals surface area contributed by atoms with Crippen LogP contribution in [0.25, 0.3) is 22.2 Å². The maximum absolute atomic E-state index is 11.3. The average Bonchev–Trinajstić information content (AvgIpc) is 2.47. The maximum Gasteiger partial charge on any atom is 0.221 e. The number of nitrogens with zero attached hydrogens (tertiary/aromatic N) is 1. The molecule has 0 aliphatic carbocycles. The van der Waals surface area contributed by atoms with Gasteiger partial charge < -0.3 is 5.32 Å². The van der Waals surface area contributed by atoms with Crippen molar-refractivity contribution in [1.82, 2.24) is 4.98 Å². The number of hydrogen-bond donors (Lipinski definition) is 1. The van der Waals surface area contributed by atoms with Crippen molar-refractivity contribution in [1.29, 1.82) is 0 Å². The van der Waals surface area contributed by atoms with E-state index in [1.54, 1.807) is 0 Å². The number of carbonyl (C=O) groups is 1. The number of aryl methyl sites for hydroxylation is 1. The van der Waals surface area contributed by atoms with Crippen LogP contribution in [0, 0.1) is 6.92 Å². The van der Waals surface area contributed by atoms with E-state index in [2.05, 4.69) is 24.4 Å². The molecular weight excluding hydrogens is 296 g/mol. The molecule has 1 N–H and O–H groups in total. The number of para-hydroxylation sites is 2. The zero-order valence-electron chi connectivity index (χ0n) is 12.5. The number of rotatable bonds is 2. The Hall–Kier alpha value is -2.39. The van der Waals surface area contributed by atoms with E-state index in [9.17, 15) is 4.79 Å². The molecule has 1 amide bonds. The first-order valence-electron chi connectivity index (χ1n) is 6.88. The fraction of sp³-hybridized carbons (Fsp3) is 0.111. The lowest BCUT2D eigenvalue weighted by Gasteiger charge is -2.11. The minimum Gasteiger partial charge on any atom is -0.326 e. The van der Waals surface area contributed by atoms with Gasteiger partial charge in [-0.2, -0.15) is 0 Å². The largest absolute Gasteiger partial charge is 0.326 e. The lowest BCUT2D eigenvalue weighted by atomic mass is 10.0. The van der Waals surface area contributed by atoms with Crippen molar-refractivity contribution in [3.05, 3.63) is 60.2 Å². The van der Waals surface area contributed by atoms with Gasteiger partial charge in [-0.25, -0.2) is 4.98 Å². The van der Waals surface area contributed by atoms with Crippen molar-refractivity contribution in [2.75, 3.05) is 5.32 Å². The molecule has 0 unspecified atom stereocenters. The zero-order chi connectivity index (χ0) is 14.8. The van der Waals surface area contributed by atoms with E-state index in [0.717, 1.165) is 27.8 Å². The molecule has 0 fully saturated rings. The second kappa shape index (κ2) is 6.58. The van der Waals surface area contributed by atoms with Crippen molar-refractivity contribution in [3.63, 3.8) is 0 Å². The highest BCUT2D eigenvalue weighted by Crippen LogP contribution is 2.29. The summed E-state index contributed by atoms with van der Waals surface area (Å²) in [5.74, 6) is -0.0834. The lowest BCUT2D eigenvalue weighted by Crippen LogP contribution is -2.07. The average molecular weight is 313 g/mol. The molecule has 3 rings (SSSR count). The standard InChI is InChI=1S/C18H16N2O.ClH/c1-12-11-18(20-16-9-5-3-7-14(12)16)15-8-4-6-10-17(15)19-13(2)21;/h3-11H,1-2H3,(H,19,21);1H. The summed E-state index contributed by atoms with van der Waals surface area (Å²) in [4.78, 5) is 16.1. The Bertz CT molecular complexity index is 830. The summed E-state index contributed by atoms with van der Waals surface area (Å²) in [5.41, 5.74) is 4.72. The maximum atomic E-state index is 11.3. The van der Waals surface area contributed by atoms with Gasteiger partial charge in [-0.05, 0) is 30.7 Å². The second-order valence-corrected chi connectivity index (χ2v) is 5.07. The summed E-state index contributed by atoms with van der Waals surface area (Å²) >= 11 is 0. The SMILES string of the molecule is CC(=O)Nc1ccccc1-c1cc(C)c2ccccc2n1.Cl. The topological polar surface area (TPSA) is 42.0 Å². The van der Waals surface area contributed by atoms with Crippen LogP contribution in [0.1, 0.15) is 12.5 Å². The van der Waals surface area contributed by atoms with Crippen LogP contribution < -0.4 is 5.32 Å². The third-order valence-corrected chi connectivity index (χ3v) is 3.44. The quantitative estimate of drug-likeness (QED) is 0.752. The molecular formula is C18H17ClN2O. The van der Waals surface area contributed by atoms with Crippen LogP contribution in [0.2, 0.25) is 0 Å². The molecule has 3 nitrogen and oxygen atoms in total. The summed E-state index contributed by atoms with van der Waals surface area (Å²) in [6.07, 6.45) is 0. The van der Waals surface area contributed by atoms with Crippen molar-refractivity contribution in [2.24, 2.45) is 0 Å². The first kappa shape index (κ1) is 16.0. The van der Waals surface area contributed by atoms with Gasteiger partial charge in [0.2, 0.25) is 5.91 Å². The van der Waals surface area contributed by atoms with Crippen molar-refractivity contribution >= 4 is 34.9 Å². The summed E-state index contributed by atoms with van der Waals surface area (Å²) < 4.78 is 0. The molecule has 0 aliphatic heterocycles. The molecule has 0 radical (unpaired) electrons. The number of pyridine rings is 1. The van der Waals surface area contributed by atoms with Gasteiger partial charge in [-0.3, -0.25) is 4.79 Å². The van der Waals surface area contributed by atoms with E-state index in [4.69, 9.17) is 4.98 Å². The van der Waals surface area contributed by atoms with Crippen molar-refractivity contribution in [2.45, 2.75) is 13.8 Å². The fourth-order valence-electron chi connectivity index (χ4n) is 2.49. The van der Waals surface area contributed by atoms with Crippen LogP contribution in [-0.2, 0) is 4.79 Å². The van der Waals surface area contributed by atoms with Gasteiger partial charge in [0.25, 0.3) is 0 Å². The minimum atomic E-state index is -0.0834. The fourth-order valence-corrected chi connectivity index (χ4v) is 2.49. The normalized spacial score (nSPS) is 10.1. The van der Waals surface area contributed by atoms with E-state index in [0.29, 0.717) is 0 Å². The van der Waals surface area contributed by atoms with E-state index in [1.165, 1.54) is 12.5 Å². The Labute approximate surface area is 135 Å². The van der Waals surface area contributed by atoms with Crippen LogP contribution in [0.4, 0.5) is 5.69 Å². The molecule has 4 heteroatoms. The number of fused-ring (bicyclic) bond motifs is 1. The van der Waals surface area contributed by atoms with Crippen molar-refractivity contribution in [3.8, 4) is 11.3 Å². The third kappa shape index (κ3) is 3.10. The molecule has 3 aromatic rings. The van der Waals surface area contributed by atoms with Crippen LogP contribution in [0.3, 0.4) is 0 Å². The van der Waals surface area contributed by atoms with E-state index < -0.39 is 0 Å². The number of aromatic nitrogens is 1. The summed E-state index contributed by atoms with van der Waals surface area (Å²) in [6, 6.07) is 17.9. The third-order valence-electron chi connectivity index (χ3n) is 3.44. The van der Waals surface area contributed by atoms with Crippen molar-refractivity contribution < 1.29 is 4.79 Å². The number of amides is 1. The highest BCUT2D eigenvalue weighted by molar-refractivity contribution is 5.94. The monoisotopic (exact) mass is 312 g/mol. The second-order valence-electron chi connectivity index (χ2n) is 5.07. The first-order valence-corrected chi connectivity index (χ1v) is 6.88. The molecule has 0 atom stereocenters. The molecule has 1 heterocycles. The Morgan fingerprint density at radius 3 is 2.50 bits per heavy atom. The minimum absolute atomic E-state index is 0. The number of benzene rings is 2. The van der Waals surface area contributed by atoms with Gasteiger partial charge in [0, 0.05) is 17.9 Å². The van der Waals surface area contributed by atoms with Gasteiger partial charge in [0.1, 0.15) is 0 Å². The lowest BCUT2D eigenvalue weighted by molar-refractivity contribution is -0.114. The smallest absolute Gasteiger partial charge is 0.221 e. The predicted octanol–water partition coefficient (Wildman–Crippen LogP) is 4.59. The molecule has 0 aliphatic rings. The Balaban J connectivity index is 0.00000176. The predicted molar refractivity (Wildman–Crippen MR) is 93.5 cm³/mol. The van der Waals surface area contributed by atoms with Crippen LogP contribution in [0.5, 0.6) is 0 Å². The van der Waals surface area contributed by atoms with E-state index in [1.807, 2.05) is 42.5 Å². The highest BCUT2D eigenvalue weighted by Gasteiger charge is 2.09. The number of halogens is 1. The van der Waals surface area contributed by atoms with Crippen LogP contribution >= 0.6 is 12.4 Å². The Morgan fingerprint density at radius 2 is 1.73 bits per heavy atom. The van der Waals surface area contributed by atoms with Gasteiger partial charge in [-0.1, -0.05) is 36.4 Å². The summed E-state index contributed by atoms with van der Waals surface area (Å²) in [6.45, 7) is 3.59. The molecule has 22 heavy (non-hydrogen) atoms.